The monoisotopic (exact) mass is 310 g/mol. The fourth-order valence-electron chi connectivity index (χ4n) is 1.71. The van der Waals surface area contributed by atoms with Crippen LogP contribution < -0.4 is 5.32 Å². The number of aromatic nitrogens is 1. The van der Waals surface area contributed by atoms with E-state index in [4.69, 9.17) is 0 Å². The number of rotatable bonds is 5. The molecule has 2 aromatic heterocycles. The first-order valence-electron chi connectivity index (χ1n) is 5.68. The Hall–Kier alpha value is -0.710. The van der Waals surface area contributed by atoms with Crippen LogP contribution in [-0.4, -0.2) is 11.5 Å². The Labute approximate surface area is 114 Å². The van der Waals surface area contributed by atoms with E-state index in [9.17, 15) is 0 Å². The van der Waals surface area contributed by atoms with Crippen molar-refractivity contribution in [3.8, 4) is 0 Å². The van der Waals surface area contributed by atoms with E-state index in [0.29, 0.717) is 0 Å². The molecular weight excluding hydrogens is 296 g/mol. The number of nitrogens with one attached hydrogen (secondary N) is 1. The predicted molar refractivity (Wildman–Crippen MR) is 76.4 cm³/mol. The minimum atomic E-state index is 0.178. The second kappa shape index (κ2) is 6.28. The summed E-state index contributed by atoms with van der Waals surface area (Å²) in [5, 5.41) is 7.83. The second-order valence-corrected chi connectivity index (χ2v) is 5.41. The number of hydrogen-bond donors (Lipinski definition) is 1. The smallest absolute Gasteiger partial charge is 0.0770 e. The van der Waals surface area contributed by atoms with Crippen molar-refractivity contribution in [1.82, 2.24) is 10.3 Å². The van der Waals surface area contributed by atoms with Gasteiger partial charge in [0.2, 0.25) is 0 Å². The highest BCUT2D eigenvalue weighted by molar-refractivity contribution is 9.10. The van der Waals surface area contributed by atoms with Gasteiger partial charge in [-0.05, 0) is 52.0 Å². The molecule has 0 aliphatic heterocycles. The molecule has 1 unspecified atom stereocenters. The van der Waals surface area contributed by atoms with Crippen LogP contribution >= 0.6 is 27.3 Å². The van der Waals surface area contributed by atoms with E-state index in [1.165, 1.54) is 5.56 Å². The van der Waals surface area contributed by atoms with E-state index in [0.717, 1.165) is 23.1 Å². The molecular formula is C13H15BrN2S. The van der Waals surface area contributed by atoms with Crippen molar-refractivity contribution in [2.45, 2.75) is 19.4 Å². The van der Waals surface area contributed by atoms with Gasteiger partial charge >= 0.3 is 0 Å². The van der Waals surface area contributed by atoms with Gasteiger partial charge in [-0.25, -0.2) is 0 Å². The quantitative estimate of drug-likeness (QED) is 0.903. The molecule has 0 fully saturated rings. The van der Waals surface area contributed by atoms with Gasteiger partial charge in [0, 0.05) is 16.0 Å². The Bertz CT molecular complexity index is 455. The molecule has 1 N–H and O–H groups in total. The van der Waals surface area contributed by atoms with Crippen LogP contribution in [0, 0.1) is 0 Å². The van der Waals surface area contributed by atoms with E-state index in [1.807, 2.05) is 18.3 Å². The fourth-order valence-corrected chi connectivity index (χ4v) is 3.26. The maximum Gasteiger partial charge on any atom is 0.0770 e. The zero-order valence-electron chi connectivity index (χ0n) is 9.69. The summed E-state index contributed by atoms with van der Waals surface area (Å²) in [6, 6.07) is 6.22. The highest BCUT2D eigenvalue weighted by Gasteiger charge is 2.17. The lowest BCUT2D eigenvalue weighted by atomic mass is 10.1. The first-order chi connectivity index (χ1) is 8.33. The Morgan fingerprint density at radius 1 is 1.41 bits per heavy atom. The summed E-state index contributed by atoms with van der Waals surface area (Å²) >= 11 is 5.31. The first-order valence-corrected chi connectivity index (χ1v) is 7.42. The van der Waals surface area contributed by atoms with Gasteiger partial charge in [0.25, 0.3) is 0 Å². The van der Waals surface area contributed by atoms with Crippen molar-refractivity contribution in [2.24, 2.45) is 0 Å². The maximum absolute atomic E-state index is 4.45. The van der Waals surface area contributed by atoms with Crippen molar-refractivity contribution in [3.05, 3.63) is 50.9 Å². The predicted octanol–water partition coefficient (Wildman–Crippen LogP) is 3.99. The molecule has 0 saturated heterocycles. The average Bonchev–Trinajstić information content (AvgIpc) is 2.78. The van der Waals surface area contributed by atoms with Gasteiger partial charge in [-0.15, -0.1) is 0 Å². The van der Waals surface area contributed by atoms with Crippen LogP contribution in [0.1, 0.15) is 30.6 Å². The summed E-state index contributed by atoms with van der Waals surface area (Å²) < 4.78 is 1.15. The topological polar surface area (TPSA) is 24.9 Å². The SMILES string of the molecule is CCCNC(c1ccccn1)c1cscc1Br. The number of halogens is 1. The Morgan fingerprint density at radius 2 is 2.29 bits per heavy atom. The van der Waals surface area contributed by atoms with Crippen LogP contribution in [0.3, 0.4) is 0 Å². The Morgan fingerprint density at radius 3 is 2.88 bits per heavy atom. The van der Waals surface area contributed by atoms with Gasteiger partial charge in [0.15, 0.2) is 0 Å². The Kier molecular flexibility index (Phi) is 4.71. The molecule has 0 amide bonds. The molecule has 90 valence electrons. The molecule has 0 aliphatic rings. The molecule has 2 rings (SSSR count). The summed E-state index contributed by atoms with van der Waals surface area (Å²) in [6.45, 7) is 3.16. The molecule has 0 aromatic carbocycles. The van der Waals surface area contributed by atoms with E-state index in [1.54, 1.807) is 11.3 Å². The molecule has 4 heteroatoms. The van der Waals surface area contributed by atoms with Gasteiger partial charge < -0.3 is 5.32 Å². The molecule has 2 heterocycles. The highest BCUT2D eigenvalue weighted by Crippen LogP contribution is 2.30. The molecule has 0 spiro atoms. The number of thiophene rings is 1. The van der Waals surface area contributed by atoms with Crippen molar-refractivity contribution >= 4 is 27.3 Å². The van der Waals surface area contributed by atoms with Gasteiger partial charge in [0.05, 0.1) is 11.7 Å². The van der Waals surface area contributed by atoms with Crippen molar-refractivity contribution in [2.75, 3.05) is 6.54 Å². The van der Waals surface area contributed by atoms with E-state index < -0.39 is 0 Å². The normalized spacial score (nSPS) is 12.6. The van der Waals surface area contributed by atoms with Crippen LogP contribution in [0.15, 0.2) is 39.6 Å². The van der Waals surface area contributed by atoms with E-state index in [-0.39, 0.29) is 6.04 Å². The average molecular weight is 311 g/mol. The summed E-state index contributed by atoms with van der Waals surface area (Å²) in [6.07, 6.45) is 2.96. The van der Waals surface area contributed by atoms with Crippen molar-refractivity contribution in [1.29, 1.82) is 0 Å². The van der Waals surface area contributed by atoms with Gasteiger partial charge in [-0.3, -0.25) is 4.98 Å². The standard InChI is InChI=1S/C13H15BrN2S/c1-2-6-16-13(10-8-17-9-11(10)14)12-5-3-4-7-15-12/h3-5,7-9,13,16H,2,6H2,1H3. The van der Waals surface area contributed by atoms with Crippen LogP contribution in [-0.2, 0) is 0 Å². The molecule has 2 aromatic rings. The van der Waals surface area contributed by atoms with Crippen LogP contribution in [0.4, 0.5) is 0 Å². The molecule has 17 heavy (non-hydrogen) atoms. The van der Waals surface area contributed by atoms with E-state index in [2.05, 4.69) is 50.0 Å². The minimum Gasteiger partial charge on any atom is -0.305 e. The lowest BCUT2D eigenvalue weighted by Gasteiger charge is -2.17. The lowest BCUT2D eigenvalue weighted by Crippen LogP contribution is -2.23. The van der Waals surface area contributed by atoms with Crippen LogP contribution in [0.5, 0.6) is 0 Å². The second-order valence-electron chi connectivity index (χ2n) is 3.82. The molecule has 0 bridgehead atoms. The molecule has 0 aliphatic carbocycles. The number of hydrogen-bond acceptors (Lipinski definition) is 3. The van der Waals surface area contributed by atoms with Crippen molar-refractivity contribution in [3.63, 3.8) is 0 Å². The van der Waals surface area contributed by atoms with Crippen LogP contribution in [0.2, 0.25) is 0 Å². The van der Waals surface area contributed by atoms with Gasteiger partial charge in [0.1, 0.15) is 0 Å². The Balaban J connectivity index is 2.29. The van der Waals surface area contributed by atoms with Crippen molar-refractivity contribution < 1.29 is 0 Å². The number of nitrogens with zero attached hydrogens (tertiary/aromatic N) is 1. The zero-order valence-corrected chi connectivity index (χ0v) is 12.1. The molecule has 2 nitrogen and oxygen atoms in total. The third-order valence-electron chi connectivity index (χ3n) is 2.54. The van der Waals surface area contributed by atoms with Gasteiger partial charge in [-0.2, -0.15) is 11.3 Å². The summed E-state index contributed by atoms with van der Waals surface area (Å²) in [4.78, 5) is 4.45. The van der Waals surface area contributed by atoms with Crippen LogP contribution in [0.25, 0.3) is 0 Å². The fraction of sp³-hybridized carbons (Fsp3) is 0.308. The molecule has 0 saturated carbocycles. The third kappa shape index (κ3) is 3.15. The third-order valence-corrected chi connectivity index (χ3v) is 4.29. The summed E-state index contributed by atoms with van der Waals surface area (Å²) in [7, 11) is 0. The van der Waals surface area contributed by atoms with Gasteiger partial charge in [-0.1, -0.05) is 13.0 Å². The summed E-state index contributed by atoms with van der Waals surface area (Å²) in [5.74, 6) is 0. The maximum atomic E-state index is 4.45. The van der Waals surface area contributed by atoms with E-state index >= 15 is 0 Å². The molecule has 0 radical (unpaired) electrons. The number of pyridine rings is 1. The lowest BCUT2D eigenvalue weighted by molar-refractivity contribution is 0.586. The summed E-state index contributed by atoms with van der Waals surface area (Å²) in [5.41, 5.74) is 2.34. The minimum absolute atomic E-state index is 0.178. The first kappa shape index (κ1) is 12.7. The zero-order chi connectivity index (χ0) is 12.1. The highest BCUT2D eigenvalue weighted by atomic mass is 79.9. The molecule has 1 atom stereocenters. The largest absolute Gasteiger partial charge is 0.305 e.